The van der Waals surface area contributed by atoms with Crippen molar-refractivity contribution in [2.24, 2.45) is 5.73 Å². The van der Waals surface area contributed by atoms with Crippen molar-refractivity contribution < 1.29 is 32.2 Å². The highest BCUT2D eigenvalue weighted by Gasteiger charge is 2.34. The van der Waals surface area contributed by atoms with E-state index in [4.69, 9.17) is 10.5 Å². The van der Waals surface area contributed by atoms with Gasteiger partial charge in [0.15, 0.2) is 0 Å². The van der Waals surface area contributed by atoms with Crippen molar-refractivity contribution in [1.82, 2.24) is 5.32 Å². The lowest BCUT2D eigenvalue weighted by atomic mass is 9.93. The van der Waals surface area contributed by atoms with Crippen LogP contribution in [0, 0.1) is 5.82 Å². The number of carbonyl (C=O) groups is 2. The monoisotopic (exact) mass is 443 g/mol. The highest BCUT2D eigenvalue weighted by atomic mass is 32.2. The Kier molecular flexibility index (Phi) is 6.94. The van der Waals surface area contributed by atoms with Crippen LogP contribution in [0.4, 0.5) is 14.9 Å². The van der Waals surface area contributed by atoms with E-state index in [1.807, 2.05) is 0 Å². The number of aliphatic hydroxyl groups is 1. The molecule has 2 heterocycles. The minimum absolute atomic E-state index is 0.0137. The number of sulfone groups is 1. The molecule has 11 heteroatoms. The molecule has 2 amide bonds. The smallest absolute Gasteiger partial charge is 0.414 e. The molecule has 9 nitrogen and oxygen atoms in total. The molecule has 0 bridgehead atoms. The summed E-state index contributed by atoms with van der Waals surface area (Å²) in [5.41, 5.74) is 6.06. The Bertz CT molecular complexity index is 896. The third-order valence-corrected chi connectivity index (χ3v) is 7.13. The second-order valence-corrected chi connectivity index (χ2v) is 9.89. The molecule has 0 aromatic heterocycles. The second kappa shape index (κ2) is 9.27. The van der Waals surface area contributed by atoms with Crippen molar-refractivity contribution in [1.29, 1.82) is 0 Å². The molecule has 2 atom stereocenters. The van der Waals surface area contributed by atoms with Crippen LogP contribution >= 0.6 is 0 Å². The zero-order chi connectivity index (χ0) is 21.9. The predicted molar refractivity (Wildman–Crippen MR) is 107 cm³/mol. The highest BCUT2D eigenvalue weighted by molar-refractivity contribution is 7.91. The van der Waals surface area contributed by atoms with Crippen molar-refractivity contribution >= 4 is 27.5 Å². The second-order valence-electron chi connectivity index (χ2n) is 7.59. The van der Waals surface area contributed by atoms with E-state index < -0.39 is 39.9 Å². The standard InChI is InChI=1S/C19H26FN3O6S/c20-16-9-13(1-2-15(16)12-4-7-30(27,28)8-5-12)23-11-14(29-19(23)26)10-22-18(25)17(24)3-6-21/h1-2,9,12,14,17,24H,3-8,10-11,21H2,(H,22,25)/t14-,17-/m0/s1. The number of nitrogens with one attached hydrogen (secondary N) is 1. The predicted octanol–water partition coefficient (Wildman–Crippen LogP) is 0.269. The Morgan fingerprint density at radius 3 is 2.70 bits per heavy atom. The number of hydrogen-bond acceptors (Lipinski definition) is 7. The Labute approximate surface area is 174 Å². The molecule has 0 saturated carbocycles. The van der Waals surface area contributed by atoms with Crippen molar-refractivity contribution in [3.05, 3.63) is 29.6 Å². The number of carbonyl (C=O) groups excluding carboxylic acids is 2. The zero-order valence-corrected chi connectivity index (χ0v) is 17.2. The lowest BCUT2D eigenvalue weighted by Gasteiger charge is -2.23. The maximum atomic E-state index is 14.7. The fourth-order valence-corrected chi connectivity index (χ4v) is 5.17. The summed E-state index contributed by atoms with van der Waals surface area (Å²) in [6.07, 6.45) is -1.64. The third-order valence-electron chi connectivity index (χ3n) is 5.41. The Morgan fingerprint density at radius 2 is 2.07 bits per heavy atom. The van der Waals surface area contributed by atoms with Crippen LogP contribution in [0.3, 0.4) is 0 Å². The van der Waals surface area contributed by atoms with Crippen LogP contribution in [0.5, 0.6) is 0 Å². The van der Waals surface area contributed by atoms with Gasteiger partial charge < -0.3 is 20.9 Å². The summed E-state index contributed by atoms with van der Waals surface area (Å²) in [6, 6.07) is 4.43. The Balaban J connectivity index is 1.60. The van der Waals surface area contributed by atoms with Gasteiger partial charge in [-0.05, 0) is 49.4 Å². The lowest BCUT2D eigenvalue weighted by Crippen LogP contribution is -2.40. The number of nitrogens with zero attached hydrogens (tertiary/aromatic N) is 1. The SMILES string of the molecule is NCC[C@H](O)C(=O)NC[C@H]1CN(c2ccc(C3CCS(=O)(=O)CC3)c(F)c2)C(=O)O1. The van der Waals surface area contributed by atoms with Crippen LogP contribution in [-0.2, 0) is 19.4 Å². The van der Waals surface area contributed by atoms with Gasteiger partial charge in [-0.1, -0.05) is 6.07 Å². The lowest BCUT2D eigenvalue weighted by molar-refractivity contribution is -0.129. The molecule has 30 heavy (non-hydrogen) atoms. The number of anilines is 1. The van der Waals surface area contributed by atoms with Gasteiger partial charge in [0.1, 0.15) is 27.9 Å². The van der Waals surface area contributed by atoms with E-state index in [-0.39, 0.29) is 43.5 Å². The van der Waals surface area contributed by atoms with Gasteiger partial charge in [-0.2, -0.15) is 0 Å². The van der Waals surface area contributed by atoms with Crippen LogP contribution < -0.4 is 16.0 Å². The molecule has 3 rings (SSSR count). The summed E-state index contributed by atoms with van der Waals surface area (Å²) >= 11 is 0. The van der Waals surface area contributed by atoms with Gasteiger partial charge in [0, 0.05) is 0 Å². The number of rotatable bonds is 7. The van der Waals surface area contributed by atoms with E-state index in [1.165, 1.54) is 11.0 Å². The minimum atomic E-state index is -3.04. The highest BCUT2D eigenvalue weighted by Crippen LogP contribution is 2.33. The molecule has 1 aromatic carbocycles. The Morgan fingerprint density at radius 1 is 1.37 bits per heavy atom. The van der Waals surface area contributed by atoms with Crippen molar-refractivity contribution in [3.63, 3.8) is 0 Å². The molecule has 0 unspecified atom stereocenters. The topological polar surface area (TPSA) is 139 Å². The van der Waals surface area contributed by atoms with E-state index in [0.717, 1.165) is 0 Å². The van der Waals surface area contributed by atoms with E-state index >= 15 is 0 Å². The first-order chi connectivity index (χ1) is 14.2. The first kappa shape index (κ1) is 22.4. The number of ether oxygens (including phenoxy) is 1. The van der Waals surface area contributed by atoms with Crippen molar-refractivity contribution in [3.8, 4) is 0 Å². The number of cyclic esters (lactones) is 1. The van der Waals surface area contributed by atoms with Crippen LogP contribution in [0.2, 0.25) is 0 Å². The average Bonchev–Trinajstić information content (AvgIpc) is 3.07. The summed E-state index contributed by atoms with van der Waals surface area (Å²) in [5, 5.41) is 12.1. The largest absolute Gasteiger partial charge is 0.442 e. The number of nitrogens with two attached hydrogens (primary N) is 1. The average molecular weight is 443 g/mol. The maximum Gasteiger partial charge on any atom is 0.414 e. The number of halogens is 1. The third kappa shape index (κ3) is 5.27. The van der Waals surface area contributed by atoms with Gasteiger partial charge in [-0.25, -0.2) is 17.6 Å². The summed E-state index contributed by atoms with van der Waals surface area (Å²) in [5.74, 6) is -1.17. The number of aliphatic hydroxyl groups excluding tert-OH is 1. The van der Waals surface area contributed by atoms with Gasteiger partial charge in [-0.15, -0.1) is 0 Å². The number of benzene rings is 1. The van der Waals surface area contributed by atoms with Crippen molar-refractivity contribution in [2.75, 3.05) is 36.0 Å². The van der Waals surface area contributed by atoms with E-state index in [1.54, 1.807) is 12.1 Å². The van der Waals surface area contributed by atoms with Crippen LogP contribution in [0.15, 0.2) is 18.2 Å². The molecular formula is C19H26FN3O6S. The van der Waals surface area contributed by atoms with Gasteiger partial charge in [-0.3, -0.25) is 9.69 Å². The first-order valence-electron chi connectivity index (χ1n) is 9.84. The minimum Gasteiger partial charge on any atom is -0.442 e. The molecule has 1 aromatic rings. The van der Waals surface area contributed by atoms with Crippen LogP contribution in [0.1, 0.15) is 30.7 Å². The number of amides is 2. The summed E-state index contributed by atoms with van der Waals surface area (Å²) < 4.78 is 43.1. The molecule has 2 saturated heterocycles. The molecule has 4 N–H and O–H groups in total. The molecular weight excluding hydrogens is 417 g/mol. The summed E-state index contributed by atoms with van der Waals surface area (Å²) in [7, 11) is -3.04. The quantitative estimate of drug-likeness (QED) is 0.550. The zero-order valence-electron chi connectivity index (χ0n) is 16.4. The normalized spacial score (nSPS) is 22.6. The van der Waals surface area contributed by atoms with Gasteiger partial charge >= 0.3 is 6.09 Å². The molecule has 0 radical (unpaired) electrons. The summed E-state index contributed by atoms with van der Waals surface area (Å²) in [4.78, 5) is 25.2. The van der Waals surface area contributed by atoms with Gasteiger partial charge in [0.2, 0.25) is 5.91 Å². The van der Waals surface area contributed by atoms with Crippen LogP contribution in [0.25, 0.3) is 0 Å². The maximum absolute atomic E-state index is 14.7. The molecule has 2 aliphatic heterocycles. The van der Waals surface area contributed by atoms with Gasteiger partial charge in [0.25, 0.3) is 0 Å². The molecule has 2 aliphatic rings. The first-order valence-corrected chi connectivity index (χ1v) is 11.7. The fourth-order valence-electron chi connectivity index (χ4n) is 3.68. The summed E-state index contributed by atoms with van der Waals surface area (Å²) in [6.45, 7) is 0.297. The fraction of sp³-hybridized carbons (Fsp3) is 0.579. The molecule has 166 valence electrons. The van der Waals surface area contributed by atoms with E-state index in [9.17, 15) is 27.5 Å². The van der Waals surface area contributed by atoms with E-state index in [0.29, 0.717) is 24.1 Å². The molecule has 0 aliphatic carbocycles. The van der Waals surface area contributed by atoms with Crippen molar-refractivity contribution in [2.45, 2.75) is 37.4 Å². The Hall–Kier alpha value is -2.24. The van der Waals surface area contributed by atoms with Crippen LogP contribution in [-0.4, -0.2) is 68.9 Å². The van der Waals surface area contributed by atoms with Gasteiger partial charge in [0.05, 0.1) is 30.3 Å². The molecule has 2 fully saturated rings. The number of hydrogen-bond donors (Lipinski definition) is 3. The molecule has 0 spiro atoms. The van der Waals surface area contributed by atoms with E-state index in [2.05, 4.69) is 5.32 Å².